The van der Waals surface area contributed by atoms with Gasteiger partial charge in [0, 0.05) is 5.56 Å². The summed E-state index contributed by atoms with van der Waals surface area (Å²) in [7, 11) is 0. The van der Waals surface area contributed by atoms with Crippen molar-refractivity contribution in [3.8, 4) is 0 Å². The lowest BCUT2D eigenvalue weighted by atomic mass is 9.95. The lowest BCUT2D eigenvalue weighted by molar-refractivity contribution is 0.550. The van der Waals surface area contributed by atoms with E-state index in [2.05, 4.69) is 31.0 Å². The van der Waals surface area contributed by atoms with E-state index in [9.17, 15) is 4.79 Å². The summed E-state index contributed by atoms with van der Waals surface area (Å²) in [6.45, 7) is 4.31. The number of hydrogen-bond donors (Lipinski definition) is 2. The van der Waals surface area contributed by atoms with Gasteiger partial charge in [-0.15, -0.1) is 12.4 Å². The summed E-state index contributed by atoms with van der Waals surface area (Å²) < 4.78 is 5.21. The van der Waals surface area contributed by atoms with E-state index in [-0.39, 0.29) is 18.4 Å². The van der Waals surface area contributed by atoms with E-state index >= 15 is 0 Å². The molecule has 0 fully saturated rings. The molecule has 0 aliphatic carbocycles. The number of fused-ring (bicyclic) bond motifs is 1. The van der Waals surface area contributed by atoms with Crippen molar-refractivity contribution in [2.45, 2.75) is 25.8 Å². The first-order valence-corrected chi connectivity index (χ1v) is 7.03. The van der Waals surface area contributed by atoms with Gasteiger partial charge < -0.3 is 10.2 Å². The molecule has 4 nitrogen and oxygen atoms in total. The summed E-state index contributed by atoms with van der Waals surface area (Å²) in [6.07, 6.45) is 0. The minimum absolute atomic E-state index is 0. The van der Waals surface area contributed by atoms with Crippen LogP contribution in [0.15, 0.2) is 51.7 Å². The zero-order valence-electron chi connectivity index (χ0n) is 12.5. The maximum atomic E-state index is 11.4. The Kier molecular flexibility index (Phi) is 4.74. The zero-order chi connectivity index (χ0) is 15.0. The Morgan fingerprint density at radius 3 is 2.32 bits per heavy atom. The van der Waals surface area contributed by atoms with Crippen LogP contribution in [0.3, 0.4) is 0 Å². The molecule has 1 unspecified atom stereocenters. The molecule has 22 heavy (non-hydrogen) atoms. The van der Waals surface area contributed by atoms with Gasteiger partial charge in [0.2, 0.25) is 0 Å². The molecule has 0 saturated heterocycles. The second-order valence-corrected chi connectivity index (χ2v) is 5.54. The number of nitrogens with one attached hydrogen (secondary N) is 1. The lowest BCUT2D eigenvalue weighted by Crippen LogP contribution is -2.12. The van der Waals surface area contributed by atoms with Crippen molar-refractivity contribution in [2.75, 3.05) is 0 Å². The van der Waals surface area contributed by atoms with Gasteiger partial charge in [-0.2, -0.15) is 0 Å². The first kappa shape index (κ1) is 16.3. The topological polar surface area (TPSA) is 72.0 Å². The molecule has 5 heteroatoms. The van der Waals surface area contributed by atoms with E-state index < -0.39 is 5.76 Å². The lowest BCUT2D eigenvalue weighted by Gasteiger charge is -2.14. The SMILES string of the molecule is CC(C)c1ccc(C(N)c2cccc3[nH]c(=O)oc23)cc1.Cl. The van der Waals surface area contributed by atoms with Crippen LogP contribution in [-0.4, -0.2) is 4.98 Å². The van der Waals surface area contributed by atoms with E-state index in [1.165, 1.54) is 5.56 Å². The number of aromatic amines is 1. The molecule has 1 aromatic heterocycles. The molecule has 3 rings (SSSR count). The highest BCUT2D eigenvalue weighted by Crippen LogP contribution is 2.27. The van der Waals surface area contributed by atoms with Crippen molar-refractivity contribution >= 4 is 23.5 Å². The van der Waals surface area contributed by atoms with E-state index in [0.29, 0.717) is 17.0 Å². The van der Waals surface area contributed by atoms with Gasteiger partial charge in [0.05, 0.1) is 11.6 Å². The smallest absolute Gasteiger partial charge is 0.407 e. The predicted molar refractivity (Wildman–Crippen MR) is 90.6 cm³/mol. The highest BCUT2D eigenvalue weighted by Gasteiger charge is 2.15. The Labute approximate surface area is 134 Å². The summed E-state index contributed by atoms with van der Waals surface area (Å²) in [5, 5.41) is 0. The molecule has 0 saturated carbocycles. The van der Waals surface area contributed by atoms with Crippen LogP contribution in [0.1, 0.15) is 42.5 Å². The van der Waals surface area contributed by atoms with E-state index in [1.807, 2.05) is 24.3 Å². The molecule has 3 N–H and O–H groups in total. The zero-order valence-corrected chi connectivity index (χ0v) is 13.3. The van der Waals surface area contributed by atoms with Crippen molar-refractivity contribution in [3.05, 3.63) is 69.7 Å². The minimum Gasteiger partial charge on any atom is -0.407 e. The molecule has 1 atom stereocenters. The van der Waals surface area contributed by atoms with Gasteiger partial charge in [-0.3, -0.25) is 4.98 Å². The van der Waals surface area contributed by atoms with Crippen LogP contribution in [-0.2, 0) is 0 Å². The summed E-state index contributed by atoms with van der Waals surface area (Å²) in [4.78, 5) is 14.0. The van der Waals surface area contributed by atoms with Crippen LogP contribution in [0, 0.1) is 0 Å². The van der Waals surface area contributed by atoms with Crippen molar-refractivity contribution in [1.82, 2.24) is 4.98 Å². The summed E-state index contributed by atoms with van der Waals surface area (Å²) >= 11 is 0. The predicted octanol–water partition coefficient (Wildman–Crippen LogP) is 3.71. The van der Waals surface area contributed by atoms with Crippen LogP contribution >= 0.6 is 12.4 Å². The third kappa shape index (κ3) is 2.93. The van der Waals surface area contributed by atoms with Gasteiger partial charge in [-0.25, -0.2) is 4.79 Å². The van der Waals surface area contributed by atoms with Crippen LogP contribution in [0.2, 0.25) is 0 Å². The summed E-state index contributed by atoms with van der Waals surface area (Å²) in [5.41, 5.74) is 10.6. The number of rotatable bonds is 3. The van der Waals surface area contributed by atoms with Crippen LogP contribution in [0.4, 0.5) is 0 Å². The van der Waals surface area contributed by atoms with E-state index in [4.69, 9.17) is 10.2 Å². The molecule has 0 aliphatic heterocycles. The van der Waals surface area contributed by atoms with Crippen molar-refractivity contribution in [2.24, 2.45) is 5.73 Å². The fraction of sp³-hybridized carbons (Fsp3) is 0.235. The third-order valence-electron chi connectivity index (χ3n) is 3.77. The Morgan fingerprint density at radius 1 is 1.05 bits per heavy atom. The highest BCUT2D eigenvalue weighted by atomic mass is 35.5. The molecule has 0 radical (unpaired) electrons. The highest BCUT2D eigenvalue weighted by molar-refractivity contribution is 5.85. The molecule has 0 amide bonds. The van der Waals surface area contributed by atoms with Gasteiger partial charge >= 0.3 is 5.76 Å². The monoisotopic (exact) mass is 318 g/mol. The van der Waals surface area contributed by atoms with Crippen LogP contribution in [0.5, 0.6) is 0 Å². The van der Waals surface area contributed by atoms with Gasteiger partial charge in [-0.1, -0.05) is 50.2 Å². The molecule has 0 spiro atoms. The normalized spacial score (nSPS) is 12.4. The number of hydrogen-bond acceptors (Lipinski definition) is 3. The second-order valence-electron chi connectivity index (χ2n) is 5.54. The van der Waals surface area contributed by atoms with Gasteiger partial charge in [0.1, 0.15) is 0 Å². The first-order valence-electron chi connectivity index (χ1n) is 7.03. The van der Waals surface area contributed by atoms with E-state index in [0.717, 1.165) is 11.1 Å². The summed E-state index contributed by atoms with van der Waals surface area (Å²) in [5.74, 6) is 0.0289. The molecule has 1 heterocycles. The number of para-hydroxylation sites is 1. The van der Waals surface area contributed by atoms with Crippen LogP contribution in [0.25, 0.3) is 11.1 Å². The number of benzene rings is 2. The number of halogens is 1. The Bertz CT molecular complexity index is 819. The fourth-order valence-electron chi connectivity index (χ4n) is 2.51. The van der Waals surface area contributed by atoms with Gasteiger partial charge in [0.15, 0.2) is 5.58 Å². The Morgan fingerprint density at radius 2 is 1.68 bits per heavy atom. The first-order chi connectivity index (χ1) is 10.1. The Balaban J connectivity index is 0.00000176. The molecule has 0 bridgehead atoms. The van der Waals surface area contributed by atoms with Crippen molar-refractivity contribution in [1.29, 1.82) is 0 Å². The molecule has 2 aromatic carbocycles. The average Bonchev–Trinajstić information content (AvgIpc) is 2.86. The quantitative estimate of drug-likeness (QED) is 0.773. The molecule has 116 valence electrons. The fourth-order valence-corrected chi connectivity index (χ4v) is 2.51. The van der Waals surface area contributed by atoms with Gasteiger partial charge in [0.25, 0.3) is 0 Å². The molecular weight excluding hydrogens is 300 g/mol. The molecular formula is C17H19ClN2O2. The number of aromatic nitrogens is 1. The molecule has 3 aromatic rings. The van der Waals surface area contributed by atoms with Gasteiger partial charge in [-0.05, 0) is 23.1 Å². The Hall–Kier alpha value is -2.04. The van der Waals surface area contributed by atoms with Crippen molar-refractivity contribution in [3.63, 3.8) is 0 Å². The average molecular weight is 319 g/mol. The van der Waals surface area contributed by atoms with E-state index in [1.54, 1.807) is 6.07 Å². The molecule has 0 aliphatic rings. The second kappa shape index (κ2) is 6.38. The largest absolute Gasteiger partial charge is 0.417 e. The third-order valence-corrected chi connectivity index (χ3v) is 3.77. The minimum atomic E-state index is -0.459. The number of nitrogens with two attached hydrogens (primary N) is 1. The van der Waals surface area contributed by atoms with Crippen LogP contribution < -0.4 is 11.5 Å². The number of H-pyrrole nitrogens is 1. The maximum absolute atomic E-state index is 11.4. The standard InChI is InChI=1S/C17H18N2O2.ClH/c1-10(2)11-6-8-12(9-7-11)15(18)13-4-3-5-14-16(13)21-17(20)19-14;/h3-10,15H,18H2,1-2H3,(H,19,20);1H. The maximum Gasteiger partial charge on any atom is 0.417 e. The summed E-state index contributed by atoms with van der Waals surface area (Å²) in [6, 6.07) is 13.5. The van der Waals surface area contributed by atoms with Crippen molar-refractivity contribution < 1.29 is 4.42 Å². The number of oxazole rings is 1.